The fourth-order valence-electron chi connectivity index (χ4n) is 3.83. The van der Waals surface area contributed by atoms with E-state index < -0.39 is 6.09 Å². The van der Waals surface area contributed by atoms with Crippen LogP contribution in [0.5, 0.6) is 0 Å². The van der Waals surface area contributed by atoms with Gasteiger partial charge in [-0.25, -0.2) is 4.79 Å². The lowest BCUT2D eigenvalue weighted by Crippen LogP contribution is -2.29. The van der Waals surface area contributed by atoms with Crippen LogP contribution >= 0.6 is 0 Å². The number of hydrogen-bond donors (Lipinski definition) is 1. The van der Waals surface area contributed by atoms with E-state index in [0.717, 1.165) is 13.0 Å². The fraction of sp³-hybridized carbons (Fsp3) is 0.480. The highest BCUT2D eigenvalue weighted by Gasteiger charge is 2.28. The molecule has 0 heterocycles. The molecule has 0 saturated heterocycles. The lowest BCUT2D eigenvalue weighted by molar-refractivity contribution is 0.0468. The van der Waals surface area contributed by atoms with E-state index in [1.54, 1.807) is 0 Å². The molecule has 0 fully saturated rings. The normalized spacial score (nSPS) is 12.4. The summed E-state index contributed by atoms with van der Waals surface area (Å²) in [6, 6.07) is 16.6. The average Bonchev–Trinajstić information content (AvgIpc) is 3.10. The molecule has 162 valence electrons. The molecule has 5 heteroatoms. The Morgan fingerprint density at radius 2 is 1.47 bits per heavy atom. The first kappa shape index (κ1) is 22.3. The summed E-state index contributed by atoms with van der Waals surface area (Å²) >= 11 is 0. The molecule has 0 atom stereocenters. The number of nitrogens with one attached hydrogen (secondary N) is 1. The third-order valence-corrected chi connectivity index (χ3v) is 5.37. The van der Waals surface area contributed by atoms with Gasteiger partial charge in [0.05, 0.1) is 19.8 Å². The van der Waals surface area contributed by atoms with Crippen molar-refractivity contribution in [1.82, 2.24) is 5.32 Å². The predicted octanol–water partition coefficient (Wildman–Crippen LogP) is 5.14. The van der Waals surface area contributed by atoms with Crippen molar-refractivity contribution < 1.29 is 19.0 Å². The second-order valence-corrected chi connectivity index (χ2v) is 7.54. The molecule has 0 saturated carbocycles. The third kappa shape index (κ3) is 6.31. The smallest absolute Gasteiger partial charge is 0.407 e. The van der Waals surface area contributed by atoms with Crippen molar-refractivity contribution in [2.24, 2.45) is 0 Å². The van der Waals surface area contributed by atoms with Gasteiger partial charge in [0.2, 0.25) is 0 Å². The SMILES string of the molecule is CCCCCCOCCOCCNC(=O)OCC1c2ccccc2-c2ccccc21. The van der Waals surface area contributed by atoms with Crippen LogP contribution in [0.15, 0.2) is 48.5 Å². The summed E-state index contributed by atoms with van der Waals surface area (Å²) in [4.78, 5) is 12.1. The first-order valence-corrected chi connectivity index (χ1v) is 11.1. The minimum absolute atomic E-state index is 0.0777. The largest absolute Gasteiger partial charge is 0.449 e. The van der Waals surface area contributed by atoms with Gasteiger partial charge in [-0.15, -0.1) is 0 Å². The van der Waals surface area contributed by atoms with Gasteiger partial charge in [0.1, 0.15) is 6.61 Å². The molecule has 1 N–H and O–H groups in total. The number of carbonyl (C=O) groups excluding carboxylic acids is 1. The molecule has 0 radical (unpaired) electrons. The zero-order valence-electron chi connectivity index (χ0n) is 17.9. The van der Waals surface area contributed by atoms with Gasteiger partial charge in [-0.2, -0.15) is 0 Å². The van der Waals surface area contributed by atoms with Gasteiger partial charge in [-0.05, 0) is 28.7 Å². The number of fused-ring (bicyclic) bond motifs is 3. The maximum atomic E-state index is 12.1. The number of amides is 1. The Balaban J connectivity index is 1.30. The van der Waals surface area contributed by atoms with Crippen molar-refractivity contribution in [3.8, 4) is 11.1 Å². The molecular weight excluding hydrogens is 378 g/mol. The molecule has 1 amide bonds. The molecule has 2 aromatic rings. The van der Waals surface area contributed by atoms with Crippen molar-refractivity contribution in [3.63, 3.8) is 0 Å². The number of hydrogen-bond acceptors (Lipinski definition) is 4. The Hall–Kier alpha value is -2.37. The Labute approximate surface area is 179 Å². The van der Waals surface area contributed by atoms with E-state index >= 15 is 0 Å². The first-order chi connectivity index (χ1) is 14.8. The fourth-order valence-corrected chi connectivity index (χ4v) is 3.83. The zero-order valence-corrected chi connectivity index (χ0v) is 17.9. The van der Waals surface area contributed by atoms with Gasteiger partial charge in [-0.1, -0.05) is 74.7 Å². The molecule has 0 aliphatic heterocycles. The number of benzene rings is 2. The third-order valence-electron chi connectivity index (χ3n) is 5.37. The van der Waals surface area contributed by atoms with Crippen LogP contribution in [0.2, 0.25) is 0 Å². The van der Waals surface area contributed by atoms with E-state index in [0.29, 0.717) is 33.0 Å². The van der Waals surface area contributed by atoms with Crippen LogP contribution in [0, 0.1) is 0 Å². The van der Waals surface area contributed by atoms with E-state index in [1.807, 2.05) is 24.3 Å². The number of alkyl carbamates (subject to hydrolysis) is 1. The predicted molar refractivity (Wildman–Crippen MR) is 119 cm³/mol. The van der Waals surface area contributed by atoms with Gasteiger partial charge < -0.3 is 19.5 Å². The van der Waals surface area contributed by atoms with E-state index in [9.17, 15) is 4.79 Å². The highest BCUT2D eigenvalue weighted by atomic mass is 16.5. The highest BCUT2D eigenvalue weighted by molar-refractivity contribution is 5.79. The molecule has 0 spiro atoms. The Morgan fingerprint density at radius 3 is 2.13 bits per heavy atom. The van der Waals surface area contributed by atoms with Gasteiger partial charge in [0.15, 0.2) is 0 Å². The minimum Gasteiger partial charge on any atom is -0.449 e. The monoisotopic (exact) mass is 411 g/mol. The number of unbranched alkanes of at least 4 members (excludes halogenated alkanes) is 3. The van der Waals surface area contributed by atoms with E-state index in [4.69, 9.17) is 14.2 Å². The summed E-state index contributed by atoms with van der Waals surface area (Å²) in [5.74, 6) is 0.0777. The highest BCUT2D eigenvalue weighted by Crippen LogP contribution is 2.44. The molecule has 3 rings (SSSR count). The number of rotatable bonds is 13. The first-order valence-electron chi connectivity index (χ1n) is 11.1. The lowest BCUT2D eigenvalue weighted by Gasteiger charge is -2.14. The quantitative estimate of drug-likeness (QED) is 0.464. The van der Waals surface area contributed by atoms with Crippen LogP contribution in [0.4, 0.5) is 4.79 Å². The number of ether oxygens (including phenoxy) is 3. The van der Waals surface area contributed by atoms with Crippen molar-refractivity contribution in [3.05, 3.63) is 59.7 Å². The standard InChI is InChI=1S/C25H33NO4/c1-2-3-4-9-15-28-17-18-29-16-14-26-25(27)30-19-24-22-12-7-5-10-20(22)21-11-6-8-13-23(21)24/h5-8,10-13,24H,2-4,9,14-19H2,1H3,(H,26,27). The number of carbonyl (C=O) groups is 1. The van der Waals surface area contributed by atoms with E-state index in [-0.39, 0.29) is 5.92 Å². The van der Waals surface area contributed by atoms with Gasteiger partial charge >= 0.3 is 6.09 Å². The summed E-state index contributed by atoms with van der Waals surface area (Å²) in [6.07, 6.45) is 4.42. The maximum Gasteiger partial charge on any atom is 0.407 e. The molecule has 0 aromatic heterocycles. The van der Waals surface area contributed by atoms with Crippen LogP contribution in [0.1, 0.15) is 49.7 Å². The molecular formula is C25H33NO4. The molecule has 0 bridgehead atoms. The molecule has 5 nitrogen and oxygen atoms in total. The van der Waals surface area contributed by atoms with Crippen LogP contribution in [0.3, 0.4) is 0 Å². The molecule has 0 unspecified atom stereocenters. The van der Waals surface area contributed by atoms with Crippen molar-refractivity contribution in [2.45, 2.75) is 38.5 Å². The van der Waals surface area contributed by atoms with E-state index in [1.165, 1.54) is 41.5 Å². The van der Waals surface area contributed by atoms with Crippen LogP contribution in [-0.4, -0.2) is 45.7 Å². The second-order valence-electron chi connectivity index (χ2n) is 7.54. The van der Waals surface area contributed by atoms with Crippen LogP contribution < -0.4 is 5.32 Å². The molecule has 2 aromatic carbocycles. The van der Waals surface area contributed by atoms with Crippen LogP contribution in [-0.2, 0) is 14.2 Å². The molecule has 1 aliphatic carbocycles. The Bertz CT molecular complexity index is 747. The van der Waals surface area contributed by atoms with Crippen LogP contribution in [0.25, 0.3) is 11.1 Å². The topological polar surface area (TPSA) is 56.8 Å². The Morgan fingerprint density at radius 1 is 0.833 bits per heavy atom. The van der Waals surface area contributed by atoms with E-state index in [2.05, 4.69) is 36.5 Å². The summed E-state index contributed by atoms with van der Waals surface area (Å²) in [5.41, 5.74) is 4.88. The van der Waals surface area contributed by atoms with Gasteiger partial charge in [0, 0.05) is 19.1 Å². The zero-order chi connectivity index (χ0) is 21.0. The summed E-state index contributed by atoms with van der Waals surface area (Å²) in [7, 11) is 0. The van der Waals surface area contributed by atoms with Crippen molar-refractivity contribution in [2.75, 3.05) is 39.6 Å². The summed E-state index contributed by atoms with van der Waals surface area (Å²) < 4.78 is 16.5. The minimum atomic E-state index is -0.410. The average molecular weight is 412 g/mol. The summed E-state index contributed by atoms with van der Waals surface area (Å²) in [6.45, 7) is 5.33. The Kier molecular flexibility index (Phi) is 9.19. The van der Waals surface area contributed by atoms with Gasteiger partial charge in [0.25, 0.3) is 0 Å². The second kappa shape index (κ2) is 12.4. The molecule has 30 heavy (non-hydrogen) atoms. The van der Waals surface area contributed by atoms with Crippen molar-refractivity contribution in [1.29, 1.82) is 0 Å². The molecule has 1 aliphatic rings. The van der Waals surface area contributed by atoms with Crippen molar-refractivity contribution >= 4 is 6.09 Å². The van der Waals surface area contributed by atoms with Gasteiger partial charge in [-0.3, -0.25) is 0 Å². The summed E-state index contributed by atoms with van der Waals surface area (Å²) in [5, 5.41) is 2.75. The lowest BCUT2D eigenvalue weighted by atomic mass is 9.98. The maximum absolute atomic E-state index is 12.1.